The van der Waals surface area contributed by atoms with Gasteiger partial charge < -0.3 is 8.98 Å². The van der Waals surface area contributed by atoms with Crippen molar-refractivity contribution in [2.24, 2.45) is 0 Å². The first kappa shape index (κ1) is 30.3. The molecule has 8 aromatic carbocycles. The van der Waals surface area contributed by atoms with Gasteiger partial charge in [-0.25, -0.2) is 15.0 Å². The largest absolute Gasteiger partial charge is 0.456 e. The molecular formula is C49H30N4O. The van der Waals surface area contributed by atoms with Crippen LogP contribution in [0.3, 0.4) is 0 Å². The van der Waals surface area contributed by atoms with E-state index in [1.54, 1.807) is 0 Å². The summed E-state index contributed by atoms with van der Waals surface area (Å²) in [5.74, 6) is 1.84. The number of furan rings is 1. The molecule has 0 saturated carbocycles. The van der Waals surface area contributed by atoms with Crippen LogP contribution in [0.25, 0.3) is 105 Å². The maximum atomic E-state index is 6.53. The fourth-order valence-electron chi connectivity index (χ4n) is 7.95. The van der Waals surface area contributed by atoms with Crippen molar-refractivity contribution in [1.82, 2.24) is 19.5 Å². The SMILES string of the molecule is c1ccc(-c2ccc3c(c2)c2c4ccccc4ccc2n3-c2ccc3oc4cccc(-c5nc(-c6ccccc6)nc(-c6ccccc6)n5)c4c3c2)cc1. The van der Waals surface area contributed by atoms with Crippen molar-refractivity contribution in [2.75, 3.05) is 0 Å². The molecule has 11 rings (SSSR count). The molecule has 0 aliphatic carbocycles. The minimum Gasteiger partial charge on any atom is -0.456 e. The van der Waals surface area contributed by atoms with E-state index in [-0.39, 0.29) is 0 Å². The van der Waals surface area contributed by atoms with Crippen LogP contribution in [0.15, 0.2) is 186 Å². The van der Waals surface area contributed by atoms with Gasteiger partial charge in [0.15, 0.2) is 17.5 Å². The van der Waals surface area contributed by atoms with E-state index in [2.05, 4.69) is 114 Å². The number of nitrogens with zero attached hydrogens (tertiary/aromatic N) is 4. The third-order valence-electron chi connectivity index (χ3n) is 10.4. The average Bonchev–Trinajstić information content (AvgIpc) is 3.80. The highest BCUT2D eigenvalue weighted by Crippen LogP contribution is 2.41. The molecule has 0 aliphatic heterocycles. The standard InChI is InChI=1S/C49H30N4O/c1-4-13-31(14-5-1)35-24-26-41-39(29-35)45-37-20-11-10-15-32(37)23-27-42(45)53(41)36-25-28-43-40(30-36)46-38(21-12-22-44(46)54-43)49-51-47(33-16-6-2-7-17-33)50-48(52-49)34-18-8-3-9-19-34/h1-30H. The van der Waals surface area contributed by atoms with E-state index in [0.29, 0.717) is 17.5 Å². The van der Waals surface area contributed by atoms with Gasteiger partial charge in [-0.1, -0.05) is 140 Å². The Balaban J connectivity index is 1.16. The predicted molar refractivity (Wildman–Crippen MR) is 221 cm³/mol. The summed E-state index contributed by atoms with van der Waals surface area (Å²) in [5, 5.41) is 6.88. The third kappa shape index (κ3) is 4.83. The second kappa shape index (κ2) is 12.1. The van der Waals surface area contributed by atoms with Gasteiger partial charge in [0, 0.05) is 43.9 Å². The van der Waals surface area contributed by atoms with Gasteiger partial charge >= 0.3 is 0 Å². The number of aromatic nitrogens is 4. The molecular weight excluding hydrogens is 661 g/mol. The Morgan fingerprint density at radius 3 is 1.76 bits per heavy atom. The molecule has 0 atom stereocenters. The van der Waals surface area contributed by atoms with Crippen LogP contribution in [0, 0.1) is 0 Å². The molecule has 0 N–H and O–H groups in total. The number of fused-ring (bicyclic) bond motifs is 8. The van der Waals surface area contributed by atoms with Gasteiger partial charge in [0.25, 0.3) is 0 Å². The Bertz CT molecular complexity index is 3140. The van der Waals surface area contributed by atoms with Crippen LogP contribution >= 0.6 is 0 Å². The van der Waals surface area contributed by atoms with Crippen LogP contribution in [0.1, 0.15) is 0 Å². The Morgan fingerprint density at radius 1 is 0.370 bits per heavy atom. The predicted octanol–water partition coefficient (Wildman–Crippen LogP) is 12.7. The van der Waals surface area contributed by atoms with Crippen LogP contribution < -0.4 is 0 Å². The maximum absolute atomic E-state index is 6.53. The summed E-state index contributed by atoms with van der Waals surface area (Å²) >= 11 is 0. The minimum absolute atomic E-state index is 0.596. The third-order valence-corrected chi connectivity index (χ3v) is 10.4. The highest BCUT2D eigenvalue weighted by atomic mass is 16.3. The lowest BCUT2D eigenvalue weighted by atomic mass is 10.0. The molecule has 3 aromatic heterocycles. The minimum atomic E-state index is 0.596. The van der Waals surface area contributed by atoms with Gasteiger partial charge in [-0.15, -0.1) is 0 Å². The molecule has 54 heavy (non-hydrogen) atoms. The van der Waals surface area contributed by atoms with Gasteiger partial charge in [-0.2, -0.15) is 0 Å². The van der Waals surface area contributed by atoms with Crippen molar-refractivity contribution in [1.29, 1.82) is 0 Å². The number of rotatable bonds is 5. The van der Waals surface area contributed by atoms with Gasteiger partial charge in [-0.05, 0) is 64.4 Å². The van der Waals surface area contributed by atoms with E-state index in [1.807, 2.05) is 72.8 Å². The van der Waals surface area contributed by atoms with Crippen molar-refractivity contribution >= 4 is 54.5 Å². The molecule has 252 valence electrons. The van der Waals surface area contributed by atoms with Crippen molar-refractivity contribution in [3.05, 3.63) is 182 Å². The highest BCUT2D eigenvalue weighted by molar-refractivity contribution is 6.22. The average molecular weight is 691 g/mol. The van der Waals surface area contributed by atoms with E-state index in [1.165, 1.54) is 32.7 Å². The summed E-state index contributed by atoms with van der Waals surface area (Å²) in [6.07, 6.45) is 0. The zero-order valence-corrected chi connectivity index (χ0v) is 29.0. The van der Waals surface area contributed by atoms with Crippen molar-refractivity contribution in [2.45, 2.75) is 0 Å². The fourth-order valence-corrected chi connectivity index (χ4v) is 7.95. The lowest BCUT2D eigenvalue weighted by Gasteiger charge is -2.10. The molecule has 0 fully saturated rings. The fraction of sp³-hybridized carbons (Fsp3) is 0. The quantitative estimate of drug-likeness (QED) is 0.180. The highest BCUT2D eigenvalue weighted by Gasteiger charge is 2.20. The molecule has 5 heteroatoms. The zero-order valence-electron chi connectivity index (χ0n) is 29.0. The molecule has 0 amide bonds. The first-order valence-corrected chi connectivity index (χ1v) is 18.1. The van der Waals surface area contributed by atoms with E-state index >= 15 is 0 Å². The molecule has 11 aromatic rings. The Labute approximate surface area is 310 Å². The molecule has 0 spiro atoms. The summed E-state index contributed by atoms with van der Waals surface area (Å²) in [6.45, 7) is 0. The summed E-state index contributed by atoms with van der Waals surface area (Å²) in [6, 6.07) is 63.4. The Kier molecular flexibility index (Phi) is 6.79. The Morgan fingerprint density at radius 2 is 1.02 bits per heavy atom. The summed E-state index contributed by atoms with van der Waals surface area (Å²) in [7, 11) is 0. The lowest BCUT2D eigenvalue weighted by Crippen LogP contribution is -2.00. The first-order chi connectivity index (χ1) is 26.8. The van der Waals surface area contributed by atoms with Crippen LogP contribution in [0.2, 0.25) is 0 Å². The second-order valence-electron chi connectivity index (χ2n) is 13.6. The van der Waals surface area contributed by atoms with Crippen molar-refractivity contribution in [3.8, 4) is 51.0 Å². The van der Waals surface area contributed by atoms with Crippen LogP contribution in [0.5, 0.6) is 0 Å². The van der Waals surface area contributed by atoms with Crippen LogP contribution in [0.4, 0.5) is 0 Å². The van der Waals surface area contributed by atoms with Gasteiger partial charge in [0.2, 0.25) is 0 Å². The molecule has 0 radical (unpaired) electrons. The number of hydrogen-bond acceptors (Lipinski definition) is 4. The lowest BCUT2D eigenvalue weighted by molar-refractivity contribution is 0.669. The molecule has 0 aliphatic rings. The van der Waals surface area contributed by atoms with Crippen LogP contribution in [-0.2, 0) is 0 Å². The van der Waals surface area contributed by atoms with E-state index in [9.17, 15) is 0 Å². The molecule has 0 saturated heterocycles. The van der Waals surface area contributed by atoms with E-state index in [0.717, 1.165) is 55.3 Å². The molecule has 3 heterocycles. The summed E-state index contributed by atoms with van der Waals surface area (Å²) < 4.78 is 8.92. The van der Waals surface area contributed by atoms with Gasteiger partial charge in [-0.3, -0.25) is 0 Å². The molecule has 5 nitrogen and oxygen atoms in total. The zero-order chi connectivity index (χ0) is 35.6. The topological polar surface area (TPSA) is 56.7 Å². The normalized spacial score (nSPS) is 11.7. The van der Waals surface area contributed by atoms with Gasteiger partial charge in [0.05, 0.1) is 11.0 Å². The van der Waals surface area contributed by atoms with Crippen molar-refractivity contribution in [3.63, 3.8) is 0 Å². The number of hydrogen-bond donors (Lipinski definition) is 0. The summed E-state index contributed by atoms with van der Waals surface area (Å²) in [4.78, 5) is 15.1. The monoisotopic (exact) mass is 690 g/mol. The smallest absolute Gasteiger partial charge is 0.164 e. The number of benzene rings is 8. The van der Waals surface area contributed by atoms with Crippen LogP contribution in [-0.4, -0.2) is 19.5 Å². The van der Waals surface area contributed by atoms with E-state index in [4.69, 9.17) is 19.4 Å². The van der Waals surface area contributed by atoms with Crippen molar-refractivity contribution < 1.29 is 4.42 Å². The van der Waals surface area contributed by atoms with E-state index < -0.39 is 0 Å². The van der Waals surface area contributed by atoms with Gasteiger partial charge in [0.1, 0.15) is 11.2 Å². The molecule has 0 unspecified atom stereocenters. The second-order valence-corrected chi connectivity index (χ2v) is 13.6. The first-order valence-electron chi connectivity index (χ1n) is 18.1. The molecule has 0 bridgehead atoms. The Hall–Kier alpha value is -7.37. The maximum Gasteiger partial charge on any atom is 0.164 e. The summed E-state index contributed by atoms with van der Waals surface area (Å²) in [5.41, 5.74) is 10.1.